The van der Waals surface area contributed by atoms with Crippen LogP contribution in [0.4, 0.5) is 5.69 Å². The molecule has 1 heterocycles. The first kappa shape index (κ1) is 13.4. The fourth-order valence-corrected chi connectivity index (χ4v) is 1.96. The monoisotopic (exact) mass is 302 g/mol. The molecule has 2 aromatic carbocycles. The van der Waals surface area contributed by atoms with Gasteiger partial charge in [0, 0.05) is 5.02 Å². The number of fused-ring (bicyclic) bond motifs is 1. The van der Waals surface area contributed by atoms with Gasteiger partial charge in [-0.2, -0.15) is 15.4 Å². The summed E-state index contributed by atoms with van der Waals surface area (Å²) in [5.41, 5.74) is 1.88. The number of rotatable bonds is 4. The molecule has 0 aliphatic rings. The number of nitrogens with one attached hydrogen (secondary N) is 2. The molecule has 0 atom stereocenters. The fraction of sp³-hybridized carbons (Fsp3) is 0.0714. The maximum Gasteiger partial charge on any atom is 0.262 e. The molecule has 1 aromatic heterocycles. The van der Waals surface area contributed by atoms with E-state index in [-0.39, 0.29) is 12.5 Å². The van der Waals surface area contributed by atoms with Crippen LogP contribution >= 0.6 is 11.6 Å². The van der Waals surface area contributed by atoms with Crippen LogP contribution in [-0.4, -0.2) is 27.9 Å². The molecule has 21 heavy (non-hydrogen) atoms. The average Bonchev–Trinajstić information content (AvgIpc) is 2.96. The largest absolute Gasteiger partial charge is 0.484 e. The van der Waals surface area contributed by atoms with Crippen LogP contribution in [0.3, 0.4) is 0 Å². The van der Waals surface area contributed by atoms with Crippen LogP contribution in [0.5, 0.6) is 5.75 Å². The maximum atomic E-state index is 11.9. The van der Waals surface area contributed by atoms with Gasteiger partial charge in [0.2, 0.25) is 0 Å². The normalized spacial score (nSPS) is 10.5. The van der Waals surface area contributed by atoms with Gasteiger partial charge in [-0.25, -0.2) is 0 Å². The van der Waals surface area contributed by atoms with Crippen molar-refractivity contribution in [3.8, 4) is 5.75 Å². The Bertz CT molecular complexity index is 770. The summed E-state index contributed by atoms with van der Waals surface area (Å²) in [5.74, 6) is 0.301. The van der Waals surface area contributed by atoms with Gasteiger partial charge in [0.25, 0.3) is 5.91 Å². The third kappa shape index (κ3) is 3.11. The highest BCUT2D eigenvalue weighted by Gasteiger charge is 2.09. The number of aromatic amines is 1. The lowest BCUT2D eigenvalue weighted by atomic mass is 10.2. The second-order valence-corrected chi connectivity index (χ2v) is 4.72. The lowest BCUT2D eigenvalue weighted by Gasteiger charge is -2.07. The molecule has 1 amide bonds. The van der Waals surface area contributed by atoms with Crippen LogP contribution in [0.25, 0.3) is 11.0 Å². The number of para-hydroxylation sites is 1. The predicted molar refractivity (Wildman–Crippen MR) is 79.5 cm³/mol. The van der Waals surface area contributed by atoms with E-state index in [1.165, 1.54) is 0 Å². The number of anilines is 1. The molecule has 106 valence electrons. The molecule has 0 saturated heterocycles. The van der Waals surface area contributed by atoms with Gasteiger partial charge in [0.15, 0.2) is 6.61 Å². The number of benzene rings is 2. The van der Waals surface area contributed by atoms with Crippen molar-refractivity contribution in [2.45, 2.75) is 0 Å². The van der Waals surface area contributed by atoms with E-state index in [1.54, 1.807) is 42.5 Å². The second-order valence-electron chi connectivity index (χ2n) is 4.29. The van der Waals surface area contributed by atoms with Gasteiger partial charge in [0.1, 0.15) is 16.8 Å². The molecule has 0 unspecified atom stereocenters. The van der Waals surface area contributed by atoms with E-state index in [2.05, 4.69) is 20.7 Å². The van der Waals surface area contributed by atoms with Crippen LogP contribution < -0.4 is 10.1 Å². The van der Waals surface area contributed by atoms with E-state index in [0.29, 0.717) is 27.5 Å². The summed E-state index contributed by atoms with van der Waals surface area (Å²) in [5, 5.41) is 13.8. The number of aromatic nitrogens is 3. The quantitative estimate of drug-likeness (QED) is 0.776. The van der Waals surface area contributed by atoms with Gasteiger partial charge in [-0.1, -0.05) is 17.7 Å². The predicted octanol–water partition coefficient (Wildman–Crippen LogP) is 2.63. The van der Waals surface area contributed by atoms with Crippen molar-refractivity contribution in [2.75, 3.05) is 11.9 Å². The molecule has 3 rings (SSSR count). The Hall–Kier alpha value is -2.60. The summed E-state index contributed by atoms with van der Waals surface area (Å²) < 4.78 is 5.37. The molecular weight excluding hydrogens is 292 g/mol. The highest BCUT2D eigenvalue weighted by Crippen LogP contribution is 2.19. The molecule has 0 aliphatic carbocycles. The van der Waals surface area contributed by atoms with E-state index in [9.17, 15) is 4.79 Å². The molecule has 3 aromatic rings. The number of carbonyl (C=O) groups excluding carboxylic acids is 1. The number of hydrogen-bond acceptors (Lipinski definition) is 4. The molecule has 0 fully saturated rings. The Kier molecular flexibility index (Phi) is 3.70. The maximum absolute atomic E-state index is 11.9. The molecule has 7 heteroatoms. The summed E-state index contributed by atoms with van der Waals surface area (Å²) in [6, 6.07) is 12.2. The van der Waals surface area contributed by atoms with Crippen molar-refractivity contribution in [2.24, 2.45) is 0 Å². The SMILES string of the molecule is O=C(COc1ccc(Cl)cc1)Nc1cccc2n[nH]nc12. The zero-order valence-corrected chi connectivity index (χ0v) is 11.6. The minimum absolute atomic E-state index is 0.101. The molecular formula is C14H11ClN4O2. The molecule has 0 radical (unpaired) electrons. The number of H-pyrrole nitrogens is 1. The zero-order valence-electron chi connectivity index (χ0n) is 10.8. The Morgan fingerprint density at radius 2 is 2.00 bits per heavy atom. The summed E-state index contributed by atoms with van der Waals surface area (Å²) in [6.45, 7) is -0.101. The topological polar surface area (TPSA) is 79.9 Å². The van der Waals surface area contributed by atoms with Crippen LogP contribution in [0, 0.1) is 0 Å². The average molecular weight is 303 g/mol. The first-order valence-electron chi connectivity index (χ1n) is 6.20. The molecule has 0 aliphatic heterocycles. The third-order valence-corrected chi connectivity index (χ3v) is 3.06. The number of carbonyl (C=O) groups is 1. The van der Waals surface area contributed by atoms with Crippen molar-refractivity contribution in [1.29, 1.82) is 0 Å². The number of amides is 1. The Morgan fingerprint density at radius 1 is 1.19 bits per heavy atom. The van der Waals surface area contributed by atoms with E-state index in [4.69, 9.17) is 16.3 Å². The second kappa shape index (κ2) is 5.80. The summed E-state index contributed by atoms with van der Waals surface area (Å²) >= 11 is 5.78. The summed E-state index contributed by atoms with van der Waals surface area (Å²) in [4.78, 5) is 11.9. The summed E-state index contributed by atoms with van der Waals surface area (Å²) in [7, 11) is 0. The van der Waals surface area contributed by atoms with E-state index >= 15 is 0 Å². The van der Waals surface area contributed by atoms with Crippen molar-refractivity contribution < 1.29 is 9.53 Å². The van der Waals surface area contributed by atoms with Crippen molar-refractivity contribution in [3.63, 3.8) is 0 Å². The minimum atomic E-state index is -0.277. The first-order valence-corrected chi connectivity index (χ1v) is 6.58. The summed E-state index contributed by atoms with van der Waals surface area (Å²) in [6.07, 6.45) is 0. The van der Waals surface area contributed by atoms with Gasteiger partial charge in [-0.3, -0.25) is 4.79 Å². The van der Waals surface area contributed by atoms with Crippen molar-refractivity contribution in [3.05, 3.63) is 47.5 Å². The van der Waals surface area contributed by atoms with Gasteiger partial charge in [0.05, 0.1) is 5.69 Å². The molecule has 6 nitrogen and oxygen atoms in total. The van der Waals surface area contributed by atoms with Crippen molar-refractivity contribution >= 4 is 34.2 Å². The van der Waals surface area contributed by atoms with Gasteiger partial charge in [-0.05, 0) is 36.4 Å². The van der Waals surface area contributed by atoms with Crippen LogP contribution in [0.15, 0.2) is 42.5 Å². The highest BCUT2D eigenvalue weighted by molar-refractivity contribution is 6.30. The standard InChI is InChI=1S/C14H11ClN4O2/c15-9-4-6-10(7-5-9)21-8-13(20)16-11-2-1-3-12-14(11)18-19-17-12/h1-7H,8H2,(H,16,20)(H,17,18,19). The zero-order chi connectivity index (χ0) is 14.7. The number of halogens is 1. The molecule has 0 saturated carbocycles. The minimum Gasteiger partial charge on any atom is -0.484 e. The number of hydrogen-bond donors (Lipinski definition) is 2. The van der Waals surface area contributed by atoms with Gasteiger partial charge >= 0.3 is 0 Å². The Balaban J connectivity index is 1.64. The lowest BCUT2D eigenvalue weighted by molar-refractivity contribution is -0.118. The van der Waals surface area contributed by atoms with Crippen LogP contribution in [0.2, 0.25) is 5.02 Å². The Morgan fingerprint density at radius 3 is 2.81 bits per heavy atom. The van der Waals surface area contributed by atoms with E-state index in [0.717, 1.165) is 0 Å². The molecule has 0 bridgehead atoms. The van der Waals surface area contributed by atoms with E-state index < -0.39 is 0 Å². The molecule has 2 N–H and O–H groups in total. The van der Waals surface area contributed by atoms with Gasteiger partial charge < -0.3 is 10.1 Å². The lowest BCUT2D eigenvalue weighted by Crippen LogP contribution is -2.20. The molecule has 0 spiro atoms. The number of nitrogens with zero attached hydrogens (tertiary/aromatic N) is 2. The third-order valence-electron chi connectivity index (χ3n) is 2.80. The van der Waals surface area contributed by atoms with Crippen LogP contribution in [0.1, 0.15) is 0 Å². The Labute approximate surface area is 125 Å². The fourth-order valence-electron chi connectivity index (χ4n) is 1.83. The number of ether oxygens (including phenoxy) is 1. The van der Waals surface area contributed by atoms with Crippen molar-refractivity contribution in [1.82, 2.24) is 15.4 Å². The first-order chi connectivity index (χ1) is 10.2. The van der Waals surface area contributed by atoms with Gasteiger partial charge in [-0.15, -0.1) is 0 Å². The van der Waals surface area contributed by atoms with E-state index in [1.807, 2.05) is 0 Å². The van der Waals surface area contributed by atoms with Crippen LogP contribution in [-0.2, 0) is 4.79 Å². The smallest absolute Gasteiger partial charge is 0.262 e. The highest BCUT2D eigenvalue weighted by atomic mass is 35.5.